The number of hydrogen-bond acceptors (Lipinski definition) is 5. The Hall–Kier alpha value is -3.55. The van der Waals surface area contributed by atoms with E-state index in [0.29, 0.717) is 17.9 Å². The number of benzene rings is 1. The predicted molar refractivity (Wildman–Crippen MR) is 88.5 cm³/mol. The molecule has 0 radical (unpaired) electrons. The number of carboxylic acids is 1. The van der Waals surface area contributed by atoms with Crippen LogP contribution in [0.15, 0.2) is 48.9 Å². The molecule has 25 heavy (non-hydrogen) atoms. The smallest absolute Gasteiger partial charge is 0.356 e. The van der Waals surface area contributed by atoms with E-state index in [4.69, 9.17) is 5.11 Å². The first-order valence-corrected chi connectivity index (χ1v) is 7.48. The van der Waals surface area contributed by atoms with Gasteiger partial charge < -0.3 is 10.4 Å². The second kappa shape index (κ2) is 6.91. The number of rotatable bonds is 5. The van der Waals surface area contributed by atoms with Crippen LogP contribution in [-0.2, 0) is 6.54 Å². The molecule has 0 fully saturated rings. The Morgan fingerprint density at radius 1 is 1.16 bits per heavy atom. The molecule has 0 aliphatic carbocycles. The number of carboxylic acid groups (broad SMARTS) is 1. The predicted octanol–water partition coefficient (Wildman–Crippen LogP) is 1.60. The van der Waals surface area contributed by atoms with Crippen LogP contribution < -0.4 is 5.32 Å². The molecule has 2 heterocycles. The highest BCUT2D eigenvalue weighted by Gasteiger charge is 2.09. The lowest BCUT2D eigenvalue weighted by molar-refractivity contribution is 0.0689. The van der Waals surface area contributed by atoms with E-state index in [9.17, 15) is 9.59 Å². The van der Waals surface area contributed by atoms with Crippen molar-refractivity contribution in [1.29, 1.82) is 0 Å². The molecule has 0 unspecified atom stereocenters. The molecule has 8 nitrogen and oxygen atoms in total. The molecular weight excluding hydrogens is 322 g/mol. The summed E-state index contributed by atoms with van der Waals surface area (Å²) in [5.74, 6) is -1.37. The summed E-state index contributed by atoms with van der Waals surface area (Å²) in [6.45, 7) is 2.10. The van der Waals surface area contributed by atoms with Gasteiger partial charge in [-0.05, 0) is 36.8 Å². The number of hydrogen-bond donors (Lipinski definition) is 2. The number of aromatic carboxylic acids is 1. The van der Waals surface area contributed by atoms with Crippen molar-refractivity contribution in [3.63, 3.8) is 0 Å². The van der Waals surface area contributed by atoms with E-state index >= 15 is 0 Å². The van der Waals surface area contributed by atoms with E-state index in [2.05, 4.69) is 20.4 Å². The molecule has 0 aliphatic rings. The first-order valence-electron chi connectivity index (χ1n) is 7.48. The third-order valence-electron chi connectivity index (χ3n) is 3.47. The molecule has 2 aromatic heterocycles. The van der Waals surface area contributed by atoms with Crippen molar-refractivity contribution < 1.29 is 14.7 Å². The lowest BCUT2D eigenvalue weighted by Crippen LogP contribution is -2.24. The average molecular weight is 337 g/mol. The van der Waals surface area contributed by atoms with Gasteiger partial charge in [0.15, 0.2) is 5.69 Å². The van der Waals surface area contributed by atoms with Crippen molar-refractivity contribution in [2.45, 2.75) is 13.5 Å². The Kier molecular flexibility index (Phi) is 4.51. The van der Waals surface area contributed by atoms with Crippen LogP contribution >= 0.6 is 0 Å². The van der Waals surface area contributed by atoms with Crippen LogP contribution in [0.5, 0.6) is 0 Å². The number of nitrogens with zero attached hydrogens (tertiary/aromatic N) is 4. The van der Waals surface area contributed by atoms with Crippen molar-refractivity contribution >= 4 is 11.9 Å². The van der Waals surface area contributed by atoms with Gasteiger partial charge in [0.25, 0.3) is 5.91 Å². The van der Waals surface area contributed by atoms with Gasteiger partial charge in [0, 0.05) is 18.4 Å². The maximum absolute atomic E-state index is 12.1. The first-order chi connectivity index (χ1) is 12.0. The van der Waals surface area contributed by atoms with Gasteiger partial charge in [-0.25, -0.2) is 19.4 Å². The van der Waals surface area contributed by atoms with Gasteiger partial charge in [0.05, 0.1) is 5.69 Å². The van der Waals surface area contributed by atoms with Crippen molar-refractivity contribution in [2.24, 2.45) is 0 Å². The fourth-order valence-electron chi connectivity index (χ4n) is 2.24. The zero-order valence-electron chi connectivity index (χ0n) is 13.4. The van der Waals surface area contributed by atoms with Crippen LogP contribution in [-0.4, -0.2) is 36.7 Å². The topological polar surface area (TPSA) is 110 Å². The summed E-state index contributed by atoms with van der Waals surface area (Å²) in [4.78, 5) is 30.9. The second-order valence-electron chi connectivity index (χ2n) is 5.35. The summed E-state index contributed by atoms with van der Waals surface area (Å²) in [6, 6.07) is 10.3. The molecule has 1 aromatic carbocycles. The fraction of sp³-hybridized carbons (Fsp3) is 0.118. The number of nitrogens with one attached hydrogen (secondary N) is 1. The molecule has 0 spiro atoms. The molecule has 3 rings (SSSR count). The molecule has 0 saturated heterocycles. The average Bonchev–Trinajstić information content (AvgIpc) is 3.10. The van der Waals surface area contributed by atoms with E-state index in [1.165, 1.54) is 17.1 Å². The zero-order chi connectivity index (χ0) is 17.8. The highest BCUT2D eigenvalue weighted by molar-refractivity contribution is 5.92. The molecule has 126 valence electrons. The minimum Gasteiger partial charge on any atom is -0.476 e. The third-order valence-corrected chi connectivity index (χ3v) is 3.47. The monoisotopic (exact) mass is 337 g/mol. The molecule has 0 atom stereocenters. The van der Waals surface area contributed by atoms with Gasteiger partial charge in [0.1, 0.15) is 12.0 Å². The highest BCUT2D eigenvalue weighted by atomic mass is 16.4. The Morgan fingerprint density at radius 2 is 2.00 bits per heavy atom. The van der Waals surface area contributed by atoms with Crippen LogP contribution in [0.3, 0.4) is 0 Å². The Balaban J connectivity index is 1.71. The maximum Gasteiger partial charge on any atom is 0.356 e. The van der Waals surface area contributed by atoms with Crippen LogP contribution in [0.25, 0.3) is 5.69 Å². The second-order valence-corrected chi connectivity index (χ2v) is 5.35. The molecule has 1 amide bonds. The third kappa shape index (κ3) is 3.86. The van der Waals surface area contributed by atoms with E-state index in [1.807, 2.05) is 18.2 Å². The van der Waals surface area contributed by atoms with E-state index in [1.54, 1.807) is 25.3 Å². The van der Waals surface area contributed by atoms with E-state index < -0.39 is 5.97 Å². The maximum atomic E-state index is 12.1. The fourth-order valence-corrected chi connectivity index (χ4v) is 2.24. The Morgan fingerprint density at radius 3 is 2.72 bits per heavy atom. The molecule has 2 N–H and O–H groups in total. The summed E-state index contributed by atoms with van der Waals surface area (Å²) >= 11 is 0. The summed E-state index contributed by atoms with van der Waals surface area (Å²) in [7, 11) is 0. The molecule has 0 saturated carbocycles. The van der Waals surface area contributed by atoms with Crippen molar-refractivity contribution in [2.75, 3.05) is 0 Å². The number of amides is 1. The van der Waals surface area contributed by atoms with Gasteiger partial charge in [-0.1, -0.05) is 12.1 Å². The Bertz CT molecular complexity index is 935. The van der Waals surface area contributed by atoms with Gasteiger partial charge in [-0.2, -0.15) is 5.10 Å². The van der Waals surface area contributed by atoms with Crippen molar-refractivity contribution in [3.8, 4) is 5.69 Å². The van der Waals surface area contributed by atoms with Crippen LogP contribution in [0.1, 0.15) is 32.2 Å². The molecular formula is C17H15N5O3. The van der Waals surface area contributed by atoms with Gasteiger partial charge in [-0.15, -0.1) is 0 Å². The molecule has 0 bridgehead atoms. The lowest BCUT2D eigenvalue weighted by Gasteiger charge is -2.07. The summed E-state index contributed by atoms with van der Waals surface area (Å²) in [5, 5.41) is 15.7. The number of aryl methyl sites for hydroxylation is 1. The number of carbonyl (C=O) groups excluding carboxylic acids is 1. The molecule has 8 heteroatoms. The number of aromatic nitrogens is 4. The quantitative estimate of drug-likeness (QED) is 0.732. The zero-order valence-corrected chi connectivity index (χ0v) is 13.4. The minimum absolute atomic E-state index is 0.0298. The van der Waals surface area contributed by atoms with E-state index in [0.717, 1.165) is 11.3 Å². The summed E-state index contributed by atoms with van der Waals surface area (Å²) in [6.07, 6.45) is 2.92. The summed E-state index contributed by atoms with van der Waals surface area (Å²) in [5.41, 5.74) is 2.55. The van der Waals surface area contributed by atoms with E-state index in [-0.39, 0.29) is 11.6 Å². The SMILES string of the molecule is Cc1cc(C(=O)NCc2cccc(-n3ccc(C(=O)O)n3)c2)ncn1. The molecule has 3 aromatic rings. The largest absolute Gasteiger partial charge is 0.476 e. The van der Waals surface area contributed by atoms with Crippen LogP contribution in [0.2, 0.25) is 0 Å². The standard InChI is InChI=1S/C17H15N5O3/c1-11-7-15(20-10-19-11)16(23)18-9-12-3-2-4-13(8-12)22-6-5-14(21-22)17(24)25/h2-8,10H,9H2,1H3,(H,18,23)(H,24,25). The lowest BCUT2D eigenvalue weighted by atomic mass is 10.2. The minimum atomic E-state index is -1.08. The van der Waals surface area contributed by atoms with Crippen molar-refractivity contribution in [1.82, 2.24) is 25.1 Å². The van der Waals surface area contributed by atoms with Gasteiger partial charge >= 0.3 is 5.97 Å². The number of carbonyl (C=O) groups is 2. The molecule has 0 aliphatic heterocycles. The first kappa shape index (κ1) is 16.3. The highest BCUT2D eigenvalue weighted by Crippen LogP contribution is 2.11. The van der Waals surface area contributed by atoms with Gasteiger partial charge in [0.2, 0.25) is 0 Å². The van der Waals surface area contributed by atoms with Crippen LogP contribution in [0, 0.1) is 6.92 Å². The normalized spacial score (nSPS) is 10.4. The summed E-state index contributed by atoms with van der Waals surface area (Å²) < 4.78 is 1.47. The van der Waals surface area contributed by atoms with Gasteiger partial charge in [-0.3, -0.25) is 4.79 Å². The van der Waals surface area contributed by atoms with Crippen LogP contribution in [0.4, 0.5) is 0 Å². The van der Waals surface area contributed by atoms with Crippen molar-refractivity contribution in [3.05, 3.63) is 71.6 Å². The Labute approximate surface area is 143 Å².